The van der Waals surface area contributed by atoms with Crippen molar-refractivity contribution in [2.24, 2.45) is 0 Å². The molecule has 0 saturated heterocycles. The molecule has 0 bridgehead atoms. The summed E-state index contributed by atoms with van der Waals surface area (Å²) in [7, 11) is 4.09. The van der Waals surface area contributed by atoms with Crippen molar-refractivity contribution in [1.29, 1.82) is 0 Å². The minimum atomic E-state index is -0.326. The van der Waals surface area contributed by atoms with E-state index in [9.17, 15) is 4.39 Å². The van der Waals surface area contributed by atoms with Gasteiger partial charge in [0.15, 0.2) is 0 Å². The van der Waals surface area contributed by atoms with E-state index in [1.165, 1.54) is 6.07 Å². The van der Waals surface area contributed by atoms with Gasteiger partial charge in [0.2, 0.25) is 5.95 Å². The minimum Gasteiger partial charge on any atom is -0.370 e. The summed E-state index contributed by atoms with van der Waals surface area (Å²) in [6, 6.07) is 8.35. The van der Waals surface area contributed by atoms with Crippen LogP contribution < -0.4 is 10.6 Å². The maximum absolute atomic E-state index is 13.7. The average molecular weight is 303 g/mol. The van der Waals surface area contributed by atoms with E-state index in [2.05, 4.69) is 25.5 Å². The Bertz CT molecular complexity index is 615. The Hall–Kier alpha value is -2.21. The van der Waals surface area contributed by atoms with Crippen LogP contribution in [0.25, 0.3) is 0 Å². The van der Waals surface area contributed by atoms with Crippen LogP contribution >= 0.6 is 0 Å². The lowest BCUT2D eigenvalue weighted by molar-refractivity contribution is 0.405. The van der Waals surface area contributed by atoms with Gasteiger partial charge in [-0.2, -0.15) is 4.98 Å². The molecule has 6 heteroatoms. The molecular formula is C16H22FN5. The molecule has 0 saturated carbocycles. The predicted octanol–water partition coefficient (Wildman–Crippen LogP) is 3.03. The fourth-order valence-electron chi connectivity index (χ4n) is 2.01. The van der Waals surface area contributed by atoms with Crippen LogP contribution in [0.5, 0.6) is 0 Å². The quantitative estimate of drug-likeness (QED) is 0.770. The molecule has 0 aliphatic carbocycles. The minimum absolute atomic E-state index is 0.326. The summed E-state index contributed by atoms with van der Waals surface area (Å²) in [6.45, 7) is 3.73. The first kappa shape index (κ1) is 16.2. The van der Waals surface area contributed by atoms with E-state index < -0.39 is 0 Å². The normalized spacial score (nSPS) is 10.8. The van der Waals surface area contributed by atoms with Crippen molar-refractivity contribution in [1.82, 2.24) is 14.9 Å². The van der Waals surface area contributed by atoms with Crippen molar-refractivity contribution in [3.05, 3.63) is 41.8 Å². The van der Waals surface area contributed by atoms with E-state index in [4.69, 9.17) is 0 Å². The number of hydrogen-bond acceptors (Lipinski definition) is 5. The molecule has 0 atom stereocenters. The molecule has 22 heavy (non-hydrogen) atoms. The SMILES string of the molecule is Cc1cc(NCCCN(C)C)nc(Nc2ccccc2F)n1. The van der Waals surface area contributed by atoms with E-state index in [-0.39, 0.29) is 5.82 Å². The lowest BCUT2D eigenvalue weighted by Crippen LogP contribution is -2.17. The number of halogens is 1. The lowest BCUT2D eigenvalue weighted by atomic mass is 10.3. The van der Waals surface area contributed by atoms with E-state index in [0.29, 0.717) is 11.6 Å². The molecule has 118 valence electrons. The molecule has 0 aliphatic heterocycles. The second-order valence-electron chi connectivity index (χ2n) is 5.41. The number of nitrogens with zero attached hydrogens (tertiary/aromatic N) is 3. The van der Waals surface area contributed by atoms with Gasteiger partial charge in [-0.3, -0.25) is 0 Å². The topological polar surface area (TPSA) is 53.1 Å². The summed E-state index contributed by atoms with van der Waals surface area (Å²) in [5.74, 6) is 0.804. The van der Waals surface area contributed by atoms with Gasteiger partial charge in [-0.05, 0) is 46.1 Å². The zero-order chi connectivity index (χ0) is 15.9. The Morgan fingerprint density at radius 2 is 1.95 bits per heavy atom. The van der Waals surface area contributed by atoms with Gasteiger partial charge in [0.25, 0.3) is 0 Å². The summed E-state index contributed by atoms with van der Waals surface area (Å²) in [6.07, 6.45) is 1.02. The monoisotopic (exact) mass is 303 g/mol. The van der Waals surface area contributed by atoms with Crippen LogP contribution in [0.1, 0.15) is 12.1 Å². The highest BCUT2D eigenvalue weighted by molar-refractivity contribution is 5.55. The number of para-hydroxylation sites is 1. The maximum Gasteiger partial charge on any atom is 0.229 e. The molecule has 0 fully saturated rings. The maximum atomic E-state index is 13.7. The number of hydrogen-bond donors (Lipinski definition) is 2. The van der Waals surface area contributed by atoms with Crippen molar-refractivity contribution >= 4 is 17.5 Å². The Morgan fingerprint density at radius 1 is 1.18 bits per heavy atom. The molecule has 0 amide bonds. The van der Waals surface area contributed by atoms with E-state index in [1.807, 2.05) is 27.1 Å². The van der Waals surface area contributed by atoms with Crippen molar-refractivity contribution in [3.8, 4) is 0 Å². The molecule has 2 aromatic rings. The van der Waals surface area contributed by atoms with Crippen LogP contribution in [0.4, 0.5) is 21.8 Å². The third-order valence-electron chi connectivity index (χ3n) is 3.06. The summed E-state index contributed by atoms with van der Waals surface area (Å²) in [4.78, 5) is 10.8. The molecule has 2 N–H and O–H groups in total. The van der Waals surface area contributed by atoms with Crippen LogP contribution in [0.15, 0.2) is 30.3 Å². The van der Waals surface area contributed by atoms with E-state index in [0.717, 1.165) is 31.0 Å². The van der Waals surface area contributed by atoms with E-state index in [1.54, 1.807) is 18.2 Å². The van der Waals surface area contributed by atoms with Crippen molar-refractivity contribution in [2.75, 3.05) is 37.8 Å². The molecule has 0 spiro atoms. The molecule has 1 heterocycles. The smallest absolute Gasteiger partial charge is 0.229 e. The first-order valence-electron chi connectivity index (χ1n) is 7.30. The third kappa shape index (κ3) is 4.96. The zero-order valence-electron chi connectivity index (χ0n) is 13.2. The fourth-order valence-corrected chi connectivity index (χ4v) is 2.01. The summed E-state index contributed by atoms with van der Waals surface area (Å²) in [5.41, 5.74) is 1.19. The van der Waals surface area contributed by atoms with Crippen LogP contribution in [-0.2, 0) is 0 Å². The highest BCUT2D eigenvalue weighted by Crippen LogP contribution is 2.18. The zero-order valence-corrected chi connectivity index (χ0v) is 13.2. The second kappa shape index (κ2) is 7.70. The molecule has 1 aromatic heterocycles. The second-order valence-corrected chi connectivity index (χ2v) is 5.41. The van der Waals surface area contributed by atoms with Crippen molar-refractivity contribution in [2.45, 2.75) is 13.3 Å². The number of aromatic nitrogens is 2. The first-order chi connectivity index (χ1) is 10.5. The van der Waals surface area contributed by atoms with Gasteiger partial charge < -0.3 is 15.5 Å². The van der Waals surface area contributed by atoms with Gasteiger partial charge in [0, 0.05) is 18.3 Å². The number of anilines is 3. The van der Waals surface area contributed by atoms with E-state index >= 15 is 0 Å². The molecule has 2 rings (SSSR count). The molecule has 0 radical (unpaired) electrons. The molecule has 0 aliphatic rings. The Labute approximate surface area is 130 Å². The van der Waals surface area contributed by atoms with Crippen LogP contribution in [-0.4, -0.2) is 42.1 Å². The largest absolute Gasteiger partial charge is 0.370 e. The van der Waals surface area contributed by atoms with Gasteiger partial charge in [-0.15, -0.1) is 0 Å². The number of nitrogens with one attached hydrogen (secondary N) is 2. The Kier molecular flexibility index (Phi) is 5.66. The number of benzene rings is 1. The van der Waals surface area contributed by atoms with Crippen LogP contribution in [0.2, 0.25) is 0 Å². The van der Waals surface area contributed by atoms with Gasteiger partial charge in [-0.25, -0.2) is 9.37 Å². The van der Waals surface area contributed by atoms with Crippen LogP contribution in [0.3, 0.4) is 0 Å². The third-order valence-corrected chi connectivity index (χ3v) is 3.06. The fraction of sp³-hybridized carbons (Fsp3) is 0.375. The Morgan fingerprint density at radius 3 is 2.68 bits per heavy atom. The lowest BCUT2D eigenvalue weighted by Gasteiger charge is -2.12. The van der Waals surface area contributed by atoms with Crippen molar-refractivity contribution < 1.29 is 4.39 Å². The van der Waals surface area contributed by atoms with Gasteiger partial charge in [0.1, 0.15) is 11.6 Å². The average Bonchev–Trinajstić information content (AvgIpc) is 2.45. The molecule has 0 unspecified atom stereocenters. The summed E-state index contributed by atoms with van der Waals surface area (Å²) < 4.78 is 13.7. The van der Waals surface area contributed by atoms with Gasteiger partial charge >= 0.3 is 0 Å². The molecular weight excluding hydrogens is 281 g/mol. The summed E-state index contributed by atoms with van der Waals surface area (Å²) in [5, 5.41) is 6.19. The van der Waals surface area contributed by atoms with Gasteiger partial charge in [0.05, 0.1) is 5.69 Å². The van der Waals surface area contributed by atoms with Crippen LogP contribution in [0, 0.1) is 12.7 Å². The van der Waals surface area contributed by atoms with Crippen molar-refractivity contribution in [3.63, 3.8) is 0 Å². The molecule has 5 nitrogen and oxygen atoms in total. The first-order valence-corrected chi connectivity index (χ1v) is 7.30. The number of aryl methyl sites for hydroxylation is 1. The molecule has 1 aromatic carbocycles. The standard InChI is InChI=1S/C16H22FN5/c1-12-11-15(18-9-6-10-22(2)3)21-16(19-12)20-14-8-5-4-7-13(14)17/h4-5,7-8,11H,6,9-10H2,1-3H3,(H2,18,19,20,21). The Balaban J connectivity index is 2.02. The van der Waals surface area contributed by atoms with Gasteiger partial charge in [-0.1, -0.05) is 12.1 Å². The predicted molar refractivity (Wildman–Crippen MR) is 88.1 cm³/mol. The highest BCUT2D eigenvalue weighted by atomic mass is 19.1. The highest BCUT2D eigenvalue weighted by Gasteiger charge is 2.05. The number of rotatable bonds is 7. The summed E-state index contributed by atoms with van der Waals surface area (Å²) >= 11 is 0.